The van der Waals surface area contributed by atoms with Gasteiger partial charge in [-0.3, -0.25) is 9.89 Å². The molecule has 4 rings (SSSR count). The number of rotatable bonds is 2. The molecule has 120 valence electrons. The van der Waals surface area contributed by atoms with E-state index in [1.54, 1.807) is 12.3 Å². The number of aromatic amines is 1. The third-order valence-electron chi connectivity index (χ3n) is 4.46. The molecule has 1 aromatic heterocycles. The normalized spacial score (nSPS) is 20.3. The third kappa shape index (κ3) is 2.76. The Morgan fingerprint density at radius 3 is 2.91 bits per heavy atom. The maximum atomic E-state index is 12.8. The summed E-state index contributed by atoms with van der Waals surface area (Å²) in [6, 6.07) is 7.41. The van der Waals surface area contributed by atoms with Gasteiger partial charge in [0.25, 0.3) is 5.91 Å². The summed E-state index contributed by atoms with van der Waals surface area (Å²) >= 11 is 0. The van der Waals surface area contributed by atoms with Crippen LogP contribution in [0.2, 0.25) is 0 Å². The van der Waals surface area contributed by atoms with Gasteiger partial charge in [0.2, 0.25) is 0 Å². The smallest absolute Gasteiger partial charge is 0.254 e. The number of nitrogens with zero attached hydrogens (tertiary/aromatic N) is 2. The quantitative estimate of drug-likeness (QED) is 0.923. The molecule has 23 heavy (non-hydrogen) atoms. The lowest BCUT2D eigenvalue weighted by atomic mass is 9.94. The lowest BCUT2D eigenvalue weighted by Crippen LogP contribution is -2.39. The topological polar surface area (TPSA) is 67.5 Å². The highest BCUT2D eigenvalue weighted by atomic mass is 16.6. The van der Waals surface area contributed by atoms with Crippen molar-refractivity contribution in [3.63, 3.8) is 0 Å². The summed E-state index contributed by atoms with van der Waals surface area (Å²) in [6.45, 7) is 2.59. The number of benzene rings is 1. The maximum absolute atomic E-state index is 12.8. The van der Waals surface area contributed by atoms with Crippen molar-refractivity contribution in [3.8, 4) is 11.5 Å². The summed E-state index contributed by atoms with van der Waals surface area (Å²) in [5.74, 6) is 1.74. The molecule has 6 heteroatoms. The molecule has 1 fully saturated rings. The summed E-state index contributed by atoms with van der Waals surface area (Å²) in [5, 5.41) is 7.04. The van der Waals surface area contributed by atoms with Gasteiger partial charge in [0, 0.05) is 36.5 Å². The fraction of sp³-hybridized carbons (Fsp3) is 0.412. The fourth-order valence-electron chi connectivity index (χ4n) is 3.27. The molecule has 3 heterocycles. The van der Waals surface area contributed by atoms with Crippen LogP contribution in [0.3, 0.4) is 0 Å². The molecule has 6 nitrogen and oxygen atoms in total. The van der Waals surface area contributed by atoms with Crippen LogP contribution in [-0.4, -0.2) is 47.3 Å². The summed E-state index contributed by atoms with van der Waals surface area (Å²) in [7, 11) is 0. The molecule has 0 spiro atoms. The van der Waals surface area contributed by atoms with Crippen molar-refractivity contribution in [3.05, 3.63) is 41.7 Å². The Hall–Kier alpha value is -2.50. The molecule has 2 aliphatic rings. The monoisotopic (exact) mass is 313 g/mol. The number of hydrogen-bond donors (Lipinski definition) is 1. The molecule has 0 aliphatic carbocycles. The number of nitrogens with one attached hydrogen (secondary N) is 1. The Morgan fingerprint density at radius 1 is 1.22 bits per heavy atom. The Morgan fingerprint density at radius 2 is 2.09 bits per heavy atom. The molecule has 2 aliphatic heterocycles. The molecule has 0 radical (unpaired) electrons. The van der Waals surface area contributed by atoms with Gasteiger partial charge in [0.1, 0.15) is 13.2 Å². The van der Waals surface area contributed by atoms with Gasteiger partial charge in [-0.25, -0.2) is 0 Å². The molecule has 1 aromatic carbocycles. The van der Waals surface area contributed by atoms with Gasteiger partial charge >= 0.3 is 0 Å². The molecule has 1 atom stereocenters. The van der Waals surface area contributed by atoms with E-state index in [4.69, 9.17) is 9.47 Å². The van der Waals surface area contributed by atoms with Crippen molar-refractivity contribution < 1.29 is 14.3 Å². The first-order valence-electron chi connectivity index (χ1n) is 7.99. The second kappa shape index (κ2) is 5.95. The summed E-state index contributed by atoms with van der Waals surface area (Å²) in [6.07, 6.45) is 3.84. The minimum atomic E-state index is 0.0474. The van der Waals surface area contributed by atoms with E-state index in [1.807, 2.05) is 23.1 Å². The molecular weight excluding hydrogens is 294 g/mol. The summed E-state index contributed by atoms with van der Waals surface area (Å²) < 4.78 is 11.1. The Bertz CT molecular complexity index is 699. The molecule has 1 N–H and O–H groups in total. The van der Waals surface area contributed by atoms with Crippen molar-refractivity contribution in [2.75, 3.05) is 26.3 Å². The zero-order chi connectivity index (χ0) is 15.6. The van der Waals surface area contributed by atoms with Gasteiger partial charge in [0.05, 0.1) is 0 Å². The lowest BCUT2D eigenvalue weighted by molar-refractivity contribution is 0.0704. The molecular formula is C17H19N3O3. The first-order chi connectivity index (χ1) is 11.3. The van der Waals surface area contributed by atoms with Crippen molar-refractivity contribution >= 4 is 5.91 Å². The van der Waals surface area contributed by atoms with Crippen LogP contribution in [-0.2, 0) is 0 Å². The van der Waals surface area contributed by atoms with Crippen LogP contribution in [0.25, 0.3) is 0 Å². The number of amides is 1. The van der Waals surface area contributed by atoms with E-state index in [9.17, 15) is 4.79 Å². The van der Waals surface area contributed by atoms with Crippen LogP contribution < -0.4 is 9.47 Å². The van der Waals surface area contributed by atoms with E-state index < -0.39 is 0 Å². The Kier molecular flexibility index (Phi) is 3.65. The van der Waals surface area contributed by atoms with Crippen molar-refractivity contribution in [1.29, 1.82) is 0 Å². The van der Waals surface area contributed by atoms with Crippen molar-refractivity contribution in [2.45, 2.75) is 18.8 Å². The van der Waals surface area contributed by atoms with E-state index in [1.165, 1.54) is 0 Å². The van der Waals surface area contributed by atoms with Gasteiger partial charge in [-0.05, 0) is 37.1 Å². The number of likely N-dealkylation sites (tertiary alicyclic amines) is 1. The van der Waals surface area contributed by atoms with Crippen molar-refractivity contribution in [1.82, 2.24) is 15.1 Å². The lowest BCUT2D eigenvalue weighted by Gasteiger charge is -2.32. The van der Waals surface area contributed by atoms with Crippen LogP contribution in [0, 0.1) is 0 Å². The minimum absolute atomic E-state index is 0.0474. The van der Waals surface area contributed by atoms with Gasteiger partial charge in [-0.15, -0.1) is 0 Å². The van der Waals surface area contributed by atoms with Crippen LogP contribution in [0.1, 0.15) is 34.8 Å². The van der Waals surface area contributed by atoms with Crippen LogP contribution in [0.4, 0.5) is 0 Å². The molecule has 0 saturated carbocycles. The van der Waals surface area contributed by atoms with E-state index in [2.05, 4.69) is 10.2 Å². The van der Waals surface area contributed by atoms with Gasteiger partial charge in [0.15, 0.2) is 11.5 Å². The first-order valence-corrected chi connectivity index (χ1v) is 7.99. The SMILES string of the molecule is O=C(c1ccc2c(c1)OCCO2)N1CCC[C@H](c2ccn[nH]2)C1. The molecule has 1 amide bonds. The van der Waals surface area contributed by atoms with E-state index in [-0.39, 0.29) is 5.91 Å². The van der Waals surface area contributed by atoms with E-state index >= 15 is 0 Å². The predicted molar refractivity (Wildman–Crippen MR) is 83.9 cm³/mol. The van der Waals surface area contributed by atoms with Gasteiger partial charge < -0.3 is 14.4 Å². The molecule has 0 unspecified atom stereocenters. The standard InChI is InChI=1S/C17H19N3O3/c21-17(12-3-4-15-16(10-12)23-9-8-22-15)20-7-1-2-13(11-20)14-5-6-18-19-14/h3-6,10,13H,1-2,7-9,11H2,(H,18,19)/t13-/m0/s1. The third-order valence-corrected chi connectivity index (χ3v) is 4.46. The molecule has 0 bridgehead atoms. The number of carbonyl (C=O) groups is 1. The second-order valence-electron chi connectivity index (χ2n) is 5.96. The highest BCUT2D eigenvalue weighted by molar-refractivity contribution is 5.95. The average molecular weight is 313 g/mol. The second-order valence-corrected chi connectivity index (χ2v) is 5.96. The number of aromatic nitrogens is 2. The number of H-pyrrole nitrogens is 1. The fourth-order valence-corrected chi connectivity index (χ4v) is 3.27. The highest BCUT2D eigenvalue weighted by Crippen LogP contribution is 2.32. The van der Waals surface area contributed by atoms with Gasteiger partial charge in [-0.1, -0.05) is 0 Å². The zero-order valence-corrected chi connectivity index (χ0v) is 12.8. The van der Waals surface area contributed by atoms with Crippen LogP contribution in [0.15, 0.2) is 30.5 Å². The highest BCUT2D eigenvalue weighted by Gasteiger charge is 2.27. The largest absolute Gasteiger partial charge is 0.486 e. The number of fused-ring (bicyclic) bond motifs is 1. The predicted octanol–water partition coefficient (Wildman–Crippen LogP) is 2.20. The van der Waals surface area contributed by atoms with Crippen molar-refractivity contribution in [2.24, 2.45) is 0 Å². The summed E-state index contributed by atoms with van der Waals surface area (Å²) in [5.41, 5.74) is 1.75. The van der Waals surface area contributed by atoms with Crippen LogP contribution >= 0.6 is 0 Å². The van der Waals surface area contributed by atoms with E-state index in [0.29, 0.717) is 36.2 Å². The first kappa shape index (κ1) is 14.1. The van der Waals surface area contributed by atoms with Gasteiger partial charge in [-0.2, -0.15) is 5.10 Å². The Labute approximate surface area is 134 Å². The number of piperidine rings is 1. The number of ether oxygens (including phenoxy) is 2. The summed E-state index contributed by atoms with van der Waals surface area (Å²) in [4.78, 5) is 14.7. The molecule has 1 saturated heterocycles. The Balaban J connectivity index is 1.52. The molecule has 2 aromatic rings. The maximum Gasteiger partial charge on any atom is 0.254 e. The van der Waals surface area contributed by atoms with E-state index in [0.717, 1.165) is 31.6 Å². The number of hydrogen-bond acceptors (Lipinski definition) is 4. The van der Waals surface area contributed by atoms with Crippen LogP contribution in [0.5, 0.6) is 11.5 Å². The minimum Gasteiger partial charge on any atom is -0.486 e. The number of carbonyl (C=O) groups excluding carboxylic acids is 1. The average Bonchev–Trinajstić information content (AvgIpc) is 3.15. The zero-order valence-electron chi connectivity index (χ0n) is 12.8.